The monoisotopic (exact) mass is 449 g/mol. The van der Waals surface area contributed by atoms with Gasteiger partial charge in [-0.3, -0.25) is 9.59 Å². The van der Waals surface area contributed by atoms with Crippen molar-refractivity contribution < 1.29 is 23.8 Å². The van der Waals surface area contributed by atoms with Gasteiger partial charge < -0.3 is 23.9 Å². The van der Waals surface area contributed by atoms with Crippen LogP contribution in [0.25, 0.3) is 11.0 Å². The lowest BCUT2D eigenvalue weighted by molar-refractivity contribution is 0.0486. The number of rotatable bonds is 5. The Balaban J connectivity index is 1.73. The molecule has 2 aromatic carbocycles. The average molecular weight is 450 g/mol. The van der Waals surface area contributed by atoms with Gasteiger partial charge >= 0.3 is 0 Å². The summed E-state index contributed by atoms with van der Waals surface area (Å²) in [5.41, 5.74) is 2.99. The molecule has 0 aliphatic carbocycles. The third-order valence-corrected chi connectivity index (χ3v) is 6.44. The first-order chi connectivity index (χ1) is 15.9. The summed E-state index contributed by atoms with van der Waals surface area (Å²) in [5.74, 6) is 0.0684. The minimum absolute atomic E-state index is 0.00712. The van der Waals surface area contributed by atoms with Crippen LogP contribution < -0.4 is 10.2 Å². The molecule has 1 amide bonds. The van der Waals surface area contributed by atoms with Crippen molar-refractivity contribution in [3.05, 3.63) is 68.6 Å². The van der Waals surface area contributed by atoms with Crippen LogP contribution in [0.2, 0.25) is 0 Å². The van der Waals surface area contributed by atoms with Crippen molar-refractivity contribution in [2.24, 2.45) is 0 Å². The second-order valence-electron chi connectivity index (χ2n) is 8.78. The highest BCUT2D eigenvalue weighted by Gasteiger charge is 2.44. The molecule has 1 N–H and O–H groups in total. The lowest BCUT2D eigenvalue weighted by Gasteiger charge is -2.27. The fraction of sp³-hybridized carbons (Fsp3) is 0.385. The fourth-order valence-corrected chi connectivity index (χ4v) is 5.03. The molecule has 33 heavy (non-hydrogen) atoms. The van der Waals surface area contributed by atoms with Crippen LogP contribution in [-0.4, -0.2) is 41.8 Å². The van der Waals surface area contributed by atoms with Crippen molar-refractivity contribution in [2.45, 2.75) is 45.8 Å². The normalized spacial score (nSPS) is 20.0. The molecule has 2 aliphatic heterocycles. The Morgan fingerprint density at radius 2 is 2.00 bits per heavy atom. The summed E-state index contributed by atoms with van der Waals surface area (Å²) in [7, 11) is 0. The summed E-state index contributed by atoms with van der Waals surface area (Å²) in [6, 6.07) is 8.03. The molecule has 2 unspecified atom stereocenters. The number of hydrogen-bond acceptors (Lipinski definition) is 6. The van der Waals surface area contributed by atoms with Gasteiger partial charge in [0.15, 0.2) is 16.9 Å². The van der Waals surface area contributed by atoms with Gasteiger partial charge in [-0.15, -0.1) is 0 Å². The van der Waals surface area contributed by atoms with E-state index in [0.29, 0.717) is 47.6 Å². The van der Waals surface area contributed by atoms with Crippen LogP contribution in [0.1, 0.15) is 58.6 Å². The average Bonchev–Trinajstić information content (AvgIpc) is 3.37. The molecular formula is C26H27NO6. The maximum absolute atomic E-state index is 13.8. The Morgan fingerprint density at radius 1 is 1.18 bits per heavy atom. The molecule has 3 aromatic rings. The molecule has 7 nitrogen and oxygen atoms in total. The number of aryl methyl sites for hydroxylation is 2. The molecule has 3 heterocycles. The Bertz CT molecular complexity index is 1300. The Kier molecular flexibility index (Phi) is 5.37. The number of hydrogen-bond donors (Lipinski definition) is 1. The van der Waals surface area contributed by atoms with Crippen molar-refractivity contribution in [2.75, 3.05) is 19.8 Å². The van der Waals surface area contributed by atoms with Gasteiger partial charge in [-0.2, -0.15) is 0 Å². The molecule has 1 fully saturated rings. The molecule has 1 aromatic heterocycles. The zero-order valence-corrected chi connectivity index (χ0v) is 19.0. The predicted octanol–water partition coefficient (Wildman–Crippen LogP) is 4.24. The van der Waals surface area contributed by atoms with Crippen molar-refractivity contribution >= 4 is 16.9 Å². The van der Waals surface area contributed by atoms with E-state index in [1.54, 1.807) is 23.1 Å². The van der Waals surface area contributed by atoms with Crippen molar-refractivity contribution in [1.29, 1.82) is 0 Å². The van der Waals surface area contributed by atoms with Crippen molar-refractivity contribution in [1.82, 2.24) is 4.90 Å². The molecule has 0 bridgehead atoms. The number of carbonyl (C=O) groups excluding carboxylic acids is 1. The molecule has 172 valence electrons. The van der Waals surface area contributed by atoms with Gasteiger partial charge in [-0.25, -0.2) is 0 Å². The number of benzene rings is 2. The zero-order valence-electron chi connectivity index (χ0n) is 19.0. The predicted molar refractivity (Wildman–Crippen MR) is 123 cm³/mol. The summed E-state index contributed by atoms with van der Waals surface area (Å²) < 4.78 is 17.5. The highest BCUT2D eigenvalue weighted by Crippen LogP contribution is 2.41. The van der Waals surface area contributed by atoms with Gasteiger partial charge in [-0.1, -0.05) is 12.1 Å². The number of fused-ring (bicyclic) bond motifs is 2. The molecule has 2 atom stereocenters. The van der Waals surface area contributed by atoms with Gasteiger partial charge in [0, 0.05) is 13.2 Å². The van der Waals surface area contributed by atoms with Crippen LogP contribution in [0.15, 0.2) is 39.5 Å². The van der Waals surface area contributed by atoms with Crippen LogP contribution in [-0.2, 0) is 4.74 Å². The third-order valence-electron chi connectivity index (χ3n) is 6.44. The SMILES string of the molecule is CCOc1cc(C2c3c(oc4cc(C)cc(C)c4c3=O)C(=O)N2CC2CCCO2)ccc1O. The summed E-state index contributed by atoms with van der Waals surface area (Å²) in [5, 5.41) is 10.7. The molecule has 0 radical (unpaired) electrons. The fourth-order valence-electron chi connectivity index (χ4n) is 5.03. The van der Waals surface area contributed by atoms with Crippen LogP contribution >= 0.6 is 0 Å². The molecule has 7 heteroatoms. The molecule has 2 aliphatic rings. The molecule has 1 saturated heterocycles. The van der Waals surface area contributed by atoms with E-state index in [-0.39, 0.29) is 28.9 Å². The van der Waals surface area contributed by atoms with Gasteiger partial charge in [0.05, 0.1) is 29.7 Å². The maximum Gasteiger partial charge on any atom is 0.291 e. The van der Waals surface area contributed by atoms with Gasteiger partial charge in [-0.05, 0) is 68.5 Å². The number of phenolic OH excluding ortho intramolecular Hbond substituents is 1. The number of aromatic hydroxyl groups is 1. The van der Waals surface area contributed by atoms with Crippen LogP contribution in [0.5, 0.6) is 11.5 Å². The van der Waals surface area contributed by atoms with E-state index in [2.05, 4.69) is 0 Å². The summed E-state index contributed by atoms with van der Waals surface area (Å²) in [6.07, 6.45) is 1.70. The highest BCUT2D eigenvalue weighted by atomic mass is 16.5. The Hall–Kier alpha value is -3.32. The van der Waals surface area contributed by atoms with E-state index < -0.39 is 6.04 Å². The summed E-state index contributed by atoms with van der Waals surface area (Å²) in [6.45, 7) is 7.03. The smallest absolute Gasteiger partial charge is 0.291 e. The first-order valence-electron chi connectivity index (χ1n) is 11.3. The third kappa shape index (κ3) is 3.56. The number of nitrogens with zero attached hydrogens (tertiary/aromatic N) is 1. The molecule has 0 spiro atoms. The summed E-state index contributed by atoms with van der Waals surface area (Å²) >= 11 is 0. The second kappa shape index (κ2) is 8.23. The highest BCUT2D eigenvalue weighted by molar-refractivity contribution is 5.99. The first kappa shape index (κ1) is 21.5. The summed E-state index contributed by atoms with van der Waals surface area (Å²) in [4.78, 5) is 29.0. The van der Waals surface area contributed by atoms with E-state index in [1.807, 2.05) is 26.8 Å². The zero-order chi connectivity index (χ0) is 23.3. The van der Waals surface area contributed by atoms with Crippen LogP contribution in [0.4, 0.5) is 0 Å². The minimum Gasteiger partial charge on any atom is -0.504 e. The second-order valence-corrected chi connectivity index (χ2v) is 8.78. The van der Waals surface area contributed by atoms with Gasteiger partial charge in [0.2, 0.25) is 5.76 Å². The quantitative estimate of drug-likeness (QED) is 0.627. The van der Waals surface area contributed by atoms with E-state index >= 15 is 0 Å². The topological polar surface area (TPSA) is 89.2 Å². The van der Waals surface area contributed by atoms with Crippen LogP contribution in [0.3, 0.4) is 0 Å². The van der Waals surface area contributed by atoms with Gasteiger partial charge in [0.1, 0.15) is 5.58 Å². The molecule has 0 saturated carbocycles. The van der Waals surface area contributed by atoms with E-state index in [1.165, 1.54) is 6.07 Å². The number of amides is 1. The first-order valence-corrected chi connectivity index (χ1v) is 11.3. The largest absolute Gasteiger partial charge is 0.504 e. The maximum atomic E-state index is 13.8. The van der Waals surface area contributed by atoms with E-state index in [9.17, 15) is 14.7 Å². The lowest BCUT2D eigenvalue weighted by Crippen LogP contribution is -2.36. The van der Waals surface area contributed by atoms with Crippen molar-refractivity contribution in [3.63, 3.8) is 0 Å². The van der Waals surface area contributed by atoms with Crippen molar-refractivity contribution in [3.8, 4) is 11.5 Å². The molecule has 5 rings (SSSR count). The number of ether oxygens (including phenoxy) is 2. The minimum atomic E-state index is -0.655. The van der Waals surface area contributed by atoms with Gasteiger partial charge in [0.25, 0.3) is 5.91 Å². The van der Waals surface area contributed by atoms with E-state index in [0.717, 1.165) is 24.0 Å². The van der Waals surface area contributed by atoms with Crippen LogP contribution in [0, 0.1) is 13.8 Å². The lowest BCUT2D eigenvalue weighted by atomic mass is 9.96. The van der Waals surface area contributed by atoms with E-state index in [4.69, 9.17) is 13.9 Å². The molecular weight excluding hydrogens is 422 g/mol. The Labute approximate surface area is 191 Å². The number of phenols is 1. The number of carbonyl (C=O) groups is 1. The Morgan fingerprint density at radius 3 is 2.73 bits per heavy atom. The standard InChI is InChI=1S/C26H27NO6/c1-4-31-19-12-16(7-8-18(19)28)23-22-24(29)21-15(3)10-14(2)11-20(21)33-25(22)26(30)27(23)13-17-6-5-9-32-17/h7-8,10-12,17,23,28H,4-6,9,13H2,1-3H3.